The first kappa shape index (κ1) is 14.8. The van der Waals surface area contributed by atoms with Crippen molar-refractivity contribution in [1.29, 1.82) is 0 Å². The molecule has 1 heteroatoms. The van der Waals surface area contributed by atoms with Crippen LogP contribution in [0.5, 0.6) is 0 Å². The van der Waals surface area contributed by atoms with Crippen LogP contribution < -0.4 is 0 Å². The van der Waals surface area contributed by atoms with Crippen molar-refractivity contribution in [3.63, 3.8) is 0 Å². The molecule has 2 unspecified atom stereocenters. The Morgan fingerprint density at radius 3 is 2.33 bits per heavy atom. The topological polar surface area (TPSA) is 0 Å². The van der Waals surface area contributed by atoms with Gasteiger partial charge in [-0.05, 0) is 54.4 Å². The van der Waals surface area contributed by atoms with Crippen LogP contribution >= 0.6 is 15.9 Å². The van der Waals surface area contributed by atoms with E-state index in [0.29, 0.717) is 10.7 Å². The number of halogens is 1. The summed E-state index contributed by atoms with van der Waals surface area (Å²) in [5.74, 6) is 0.535. The molecule has 21 heavy (non-hydrogen) atoms. The standard InChI is InChI=1S/C20H23Br/c1-2-19(16-9-4-3-5-10-16)20(21)18-13-12-15-8-6-7-11-17(15)14-18/h3-5,9-10,12-14,19-20H,2,6-8,11H2,1H3. The Morgan fingerprint density at radius 2 is 1.62 bits per heavy atom. The minimum absolute atomic E-state index is 0.400. The molecule has 0 aromatic heterocycles. The monoisotopic (exact) mass is 342 g/mol. The molecule has 0 aliphatic heterocycles. The second kappa shape index (κ2) is 6.79. The van der Waals surface area contributed by atoms with Gasteiger partial charge in [-0.3, -0.25) is 0 Å². The molecule has 2 atom stereocenters. The molecule has 1 aliphatic rings. The summed E-state index contributed by atoms with van der Waals surface area (Å²) < 4.78 is 0. The lowest BCUT2D eigenvalue weighted by Crippen LogP contribution is -2.08. The molecule has 0 nitrogen and oxygen atoms in total. The van der Waals surface area contributed by atoms with E-state index in [0.717, 1.165) is 6.42 Å². The molecule has 2 aromatic rings. The van der Waals surface area contributed by atoms with E-state index in [4.69, 9.17) is 0 Å². The molecule has 0 amide bonds. The van der Waals surface area contributed by atoms with E-state index >= 15 is 0 Å². The second-order valence-corrected chi connectivity index (χ2v) is 7.05. The van der Waals surface area contributed by atoms with Gasteiger partial charge in [-0.1, -0.05) is 71.4 Å². The van der Waals surface area contributed by atoms with Crippen molar-refractivity contribution in [2.75, 3.05) is 0 Å². The summed E-state index contributed by atoms with van der Waals surface area (Å²) in [4.78, 5) is 0.400. The fourth-order valence-electron chi connectivity index (χ4n) is 3.47. The van der Waals surface area contributed by atoms with E-state index in [-0.39, 0.29) is 0 Å². The summed E-state index contributed by atoms with van der Waals surface area (Å²) in [6, 6.07) is 18.0. The van der Waals surface area contributed by atoms with Crippen molar-refractivity contribution in [2.45, 2.75) is 49.8 Å². The van der Waals surface area contributed by atoms with Gasteiger partial charge in [0.05, 0.1) is 0 Å². The van der Waals surface area contributed by atoms with E-state index in [9.17, 15) is 0 Å². The number of fused-ring (bicyclic) bond motifs is 1. The van der Waals surface area contributed by atoms with Crippen molar-refractivity contribution in [2.24, 2.45) is 0 Å². The van der Waals surface area contributed by atoms with Crippen LogP contribution in [0, 0.1) is 0 Å². The average Bonchev–Trinajstić information content (AvgIpc) is 2.56. The number of hydrogen-bond acceptors (Lipinski definition) is 0. The van der Waals surface area contributed by atoms with Gasteiger partial charge in [-0.15, -0.1) is 0 Å². The van der Waals surface area contributed by atoms with E-state index in [1.807, 2.05) is 0 Å². The van der Waals surface area contributed by atoms with Gasteiger partial charge < -0.3 is 0 Å². The first-order valence-corrected chi connectivity index (χ1v) is 9.02. The molecule has 2 aromatic carbocycles. The molecule has 1 aliphatic carbocycles. The number of alkyl halides is 1. The van der Waals surface area contributed by atoms with Crippen LogP contribution in [-0.4, -0.2) is 0 Å². The largest absolute Gasteiger partial charge is 0.0832 e. The minimum atomic E-state index is 0.400. The lowest BCUT2D eigenvalue weighted by Gasteiger charge is -2.24. The number of hydrogen-bond donors (Lipinski definition) is 0. The molecule has 0 bridgehead atoms. The number of aryl methyl sites for hydroxylation is 2. The van der Waals surface area contributed by atoms with Crippen LogP contribution in [-0.2, 0) is 12.8 Å². The normalized spacial score (nSPS) is 17.0. The third kappa shape index (κ3) is 3.23. The molecule has 0 saturated carbocycles. The Kier molecular flexibility index (Phi) is 4.80. The quantitative estimate of drug-likeness (QED) is 0.580. The Balaban J connectivity index is 1.88. The Hall–Kier alpha value is -1.08. The minimum Gasteiger partial charge on any atom is -0.0832 e. The van der Waals surface area contributed by atoms with Crippen LogP contribution in [0.15, 0.2) is 48.5 Å². The molecule has 0 heterocycles. The summed E-state index contributed by atoms with van der Waals surface area (Å²) in [7, 11) is 0. The summed E-state index contributed by atoms with van der Waals surface area (Å²) in [5, 5.41) is 0. The van der Waals surface area contributed by atoms with Crippen LogP contribution in [0.2, 0.25) is 0 Å². The summed E-state index contributed by atoms with van der Waals surface area (Å²) in [6.45, 7) is 2.28. The van der Waals surface area contributed by atoms with Crippen molar-refractivity contribution in [1.82, 2.24) is 0 Å². The molecule has 0 fully saturated rings. The first-order valence-electron chi connectivity index (χ1n) is 8.10. The first-order chi connectivity index (χ1) is 10.3. The summed E-state index contributed by atoms with van der Waals surface area (Å²) in [6.07, 6.45) is 6.37. The molecule has 0 spiro atoms. The van der Waals surface area contributed by atoms with E-state index in [1.165, 1.54) is 36.8 Å². The van der Waals surface area contributed by atoms with Crippen molar-refractivity contribution < 1.29 is 0 Å². The fourth-order valence-corrected chi connectivity index (χ4v) is 4.43. The molecule has 0 saturated heterocycles. The lowest BCUT2D eigenvalue weighted by molar-refractivity contribution is 0.649. The van der Waals surface area contributed by atoms with E-state index in [2.05, 4.69) is 71.4 Å². The number of benzene rings is 2. The van der Waals surface area contributed by atoms with Gasteiger partial charge in [0.15, 0.2) is 0 Å². The van der Waals surface area contributed by atoms with Crippen molar-refractivity contribution >= 4 is 15.9 Å². The second-order valence-electron chi connectivity index (χ2n) is 6.06. The Labute approximate surface area is 136 Å². The maximum atomic E-state index is 3.98. The summed E-state index contributed by atoms with van der Waals surface area (Å²) in [5.41, 5.74) is 6.01. The molecule has 3 rings (SSSR count). The zero-order valence-electron chi connectivity index (χ0n) is 12.7. The highest BCUT2D eigenvalue weighted by atomic mass is 79.9. The van der Waals surface area contributed by atoms with Gasteiger partial charge in [0.2, 0.25) is 0 Å². The third-order valence-corrected chi connectivity index (χ3v) is 5.88. The number of rotatable bonds is 4. The van der Waals surface area contributed by atoms with Gasteiger partial charge in [-0.25, -0.2) is 0 Å². The van der Waals surface area contributed by atoms with Gasteiger partial charge >= 0.3 is 0 Å². The van der Waals surface area contributed by atoms with Gasteiger partial charge in [0.1, 0.15) is 0 Å². The molecular weight excluding hydrogens is 320 g/mol. The fraction of sp³-hybridized carbons (Fsp3) is 0.400. The van der Waals surface area contributed by atoms with E-state index < -0.39 is 0 Å². The lowest BCUT2D eigenvalue weighted by atomic mass is 9.86. The van der Waals surface area contributed by atoms with Crippen molar-refractivity contribution in [3.05, 3.63) is 70.8 Å². The van der Waals surface area contributed by atoms with Crippen molar-refractivity contribution in [3.8, 4) is 0 Å². The highest BCUT2D eigenvalue weighted by molar-refractivity contribution is 9.09. The third-order valence-electron chi connectivity index (χ3n) is 4.71. The van der Waals surface area contributed by atoms with Crippen LogP contribution in [0.4, 0.5) is 0 Å². The molecule has 110 valence electrons. The maximum Gasteiger partial charge on any atom is 0.0463 e. The zero-order chi connectivity index (χ0) is 14.7. The van der Waals surface area contributed by atoms with E-state index in [1.54, 1.807) is 11.1 Å². The summed E-state index contributed by atoms with van der Waals surface area (Å²) >= 11 is 3.98. The Bertz CT molecular complexity index is 588. The molecular formula is C20H23Br. The predicted octanol–water partition coefficient (Wildman–Crippen LogP) is 6.20. The highest BCUT2D eigenvalue weighted by Crippen LogP contribution is 2.41. The zero-order valence-corrected chi connectivity index (χ0v) is 14.3. The smallest absolute Gasteiger partial charge is 0.0463 e. The van der Waals surface area contributed by atoms with Crippen LogP contribution in [0.1, 0.15) is 59.2 Å². The highest BCUT2D eigenvalue weighted by Gasteiger charge is 2.22. The van der Waals surface area contributed by atoms with Gasteiger partial charge in [0.25, 0.3) is 0 Å². The molecule has 0 radical (unpaired) electrons. The predicted molar refractivity (Wildman–Crippen MR) is 94.2 cm³/mol. The average molecular weight is 343 g/mol. The van der Waals surface area contributed by atoms with Crippen LogP contribution in [0.25, 0.3) is 0 Å². The van der Waals surface area contributed by atoms with Crippen LogP contribution in [0.3, 0.4) is 0 Å². The maximum absolute atomic E-state index is 3.98. The Morgan fingerprint density at radius 1 is 0.905 bits per heavy atom. The van der Waals surface area contributed by atoms with Gasteiger partial charge in [0, 0.05) is 10.7 Å². The SMILES string of the molecule is CCC(c1ccccc1)C(Br)c1ccc2c(c1)CCCC2. The molecule has 0 N–H and O–H groups in total. The van der Waals surface area contributed by atoms with Gasteiger partial charge in [-0.2, -0.15) is 0 Å².